The van der Waals surface area contributed by atoms with E-state index in [-0.39, 0.29) is 6.42 Å². The molecule has 6 nitrogen and oxygen atoms in total. The number of ether oxygens (including phenoxy) is 1. The average Bonchev–Trinajstić information content (AvgIpc) is 2.18. The minimum absolute atomic E-state index is 0.0572. The van der Waals surface area contributed by atoms with E-state index in [1.165, 1.54) is 6.08 Å². The van der Waals surface area contributed by atoms with Crippen molar-refractivity contribution in [2.24, 2.45) is 0 Å². The van der Waals surface area contributed by atoms with E-state index in [1.807, 2.05) is 0 Å². The number of aliphatic carboxylic acids is 2. The molecule has 0 radical (unpaired) electrons. The number of hydrogen-bond acceptors (Lipinski definition) is 4. The summed E-state index contributed by atoms with van der Waals surface area (Å²) in [4.78, 5) is 29.6. The van der Waals surface area contributed by atoms with Crippen LogP contribution in [0, 0.1) is 0 Å². The lowest BCUT2D eigenvalue weighted by molar-refractivity contribution is -0.137. The Morgan fingerprint density at radius 1 is 1.12 bits per heavy atom. The summed E-state index contributed by atoms with van der Waals surface area (Å²) in [6.45, 7) is 6.12. The van der Waals surface area contributed by atoms with Gasteiger partial charge in [-0.05, 0) is 0 Å². The standard InChI is InChI=1S/C7H8O4.C3H4O2/c1-2-11-7(10)5-3-4-6(8)9;1-2-3(4)5/h2-4H,1,5H2,(H,8,9);2H,1H2,(H,4,5). The highest BCUT2D eigenvalue weighted by atomic mass is 16.5. The molecule has 0 heterocycles. The summed E-state index contributed by atoms with van der Waals surface area (Å²) in [5, 5.41) is 15.7. The Kier molecular flexibility index (Phi) is 10.8. The summed E-state index contributed by atoms with van der Waals surface area (Å²) in [5.41, 5.74) is 0. The van der Waals surface area contributed by atoms with Crippen LogP contribution >= 0.6 is 0 Å². The Labute approximate surface area is 92.1 Å². The van der Waals surface area contributed by atoms with Crippen LogP contribution in [0.25, 0.3) is 0 Å². The topological polar surface area (TPSA) is 101 Å². The normalized spacial score (nSPS) is 8.50. The summed E-state index contributed by atoms with van der Waals surface area (Å²) in [6, 6.07) is 0. The fourth-order valence-electron chi connectivity index (χ4n) is 0.397. The van der Waals surface area contributed by atoms with Gasteiger partial charge in [0, 0.05) is 12.2 Å². The summed E-state index contributed by atoms with van der Waals surface area (Å²) in [6.07, 6.45) is 3.85. The van der Waals surface area contributed by atoms with Gasteiger partial charge in [0.2, 0.25) is 0 Å². The molecular weight excluding hydrogens is 216 g/mol. The zero-order valence-corrected chi connectivity index (χ0v) is 8.46. The molecule has 6 heteroatoms. The lowest BCUT2D eigenvalue weighted by Crippen LogP contribution is -1.96. The Morgan fingerprint density at radius 3 is 1.94 bits per heavy atom. The molecule has 0 aromatic rings. The number of carbonyl (C=O) groups is 3. The number of esters is 1. The summed E-state index contributed by atoms with van der Waals surface area (Å²) < 4.78 is 4.30. The van der Waals surface area contributed by atoms with Crippen LogP contribution < -0.4 is 0 Å². The molecule has 0 spiro atoms. The van der Waals surface area contributed by atoms with E-state index in [9.17, 15) is 14.4 Å². The minimum atomic E-state index is -1.09. The second-order valence-electron chi connectivity index (χ2n) is 2.14. The van der Waals surface area contributed by atoms with Gasteiger partial charge in [-0.25, -0.2) is 9.59 Å². The predicted molar refractivity (Wildman–Crippen MR) is 55.5 cm³/mol. The van der Waals surface area contributed by atoms with Gasteiger partial charge in [0.15, 0.2) is 0 Å². The number of carboxylic acid groups (broad SMARTS) is 2. The molecule has 0 aromatic carbocycles. The van der Waals surface area contributed by atoms with Crippen molar-refractivity contribution in [2.45, 2.75) is 6.42 Å². The largest absolute Gasteiger partial charge is 0.478 e. The van der Waals surface area contributed by atoms with Gasteiger partial charge < -0.3 is 14.9 Å². The van der Waals surface area contributed by atoms with Crippen molar-refractivity contribution in [1.82, 2.24) is 0 Å². The van der Waals surface area contributed by atoms with Crippen LogP contribution in [-0.4, -0.2) is 28.1 Å². The first kappa shape index (κ1) is 16.1. The van der Waals surface area contributed by atoms with Gasteiger partial charge in [-0.15, -0.1) is 0 Å². The van der Waals surface area contributed by atoms with E-state index >= 15 is 0 Å². The van der Waals surface area contributed by atoms with Gasteiger partial charge in [0.05, 0.1) is 12.7 Å². The first-order chi connectivity index (χ1) is 7.43. The molecule has 2 N–H and O–H groups in total. The third-order valence-corrected chi connectivity index (χ3v) is 0.934. The van der Waals surface area contributed by atoms with Crippen LogP contribution in [-0.2, 0) is 19.1 Å². The quantitative estimate of drug-likeness (QED) is 0.413. The number of rotatable bonds is 5. The highest BCUT2D eigenvalue weighted by molar-refractivity contribution is 5.81. The summed E-state index contributed by atoms with van der Waals surface area (Å²) in [5.74, 6) is -2.60. The first-order valence-electron chi connectivity index (χ1n) is 3.99. The monoisotopic (exact) mass is 228 g/mol. The van der Waals surface area contributed by atoms with Gasteiger partial charge in [0.1, 0.15) is 0 Å². The number of carbonyl (C=O) groups excluding carboxylic acids is 1. The van der Waals surface area contributed by atoms with Crippen LogP contribution in [0.1, 0.15) is 6.42 Å². The molecule has 0 aliphatic carbocycles. The smallest absolute Gasteiger partial charge is 0.327 e. The number of hydrogen-bond donors (Lipinski definition) is 2. The molecule has 0 unspecified atom stereocenters. The predicted octanol–water partition coefficient (Wildman–Crippen LogP) is 0.961. The van der Waals surface area contributed by atoms with E-state index in [0.29, 0.717) is 0 Å². The van der Waals surface area contributed by atoms with E-state index in [2.05, 4.69) is 17.9 Å². The van der Waals surface area contributed by atoms with Gasteiger partial charge in [-0.3, -0.25) is 4.79 Å². The van der Waals surface area contributed by atoms with Crippen molar-refractivity contribution >= 4 is 17.9 Å². The Balaban J connectivity index is 0. The van der Waals surface area contributed by atoms with Crippen molar-refractivity contribution < 1.29 is 29.3 Å². The molecule has 0 saturated heterocycles. The third kappa shape index (κ3) is 17.6. The molecule has 88 valence electrons. The fraction of sp³-hybridized carbons (Fsp3) is 0.100. The Hall–Kier alpha value is -2.37. The van der Waals surface area contributed by atoms with Crippen LogP contribution in [0.5, 0.6) is 0 Å². The number of carboxylic acids is 2. The summed E-state index contributed by atoms with van der Waals surface area (Å²) >= 11 is 0. The zero-order chi connectivity index (χ0) is 13.0. The van der Waals surface area contributed by atoms with E-state index in [0.717, 1.165) is 18.4 Å². The van der Waals surface area contributed by atoms with Crippen molar-refractivity contribution in [3.05, 3.63) is 37.6 Å². The van der Waals surface area contributed by atoms with E-state index < -0.39 is 17.9 Å². The van der Waals surface area contributed by atoms with Gasteiger partial charge >= 0.3 is 17.9 Å². The molecule has 0 atom stereocenters. The van der Waals surface area contributed by atoms with Crippen molar-refractivity contribution in [1.29, 1.82) is 0 Å². The van der Waals surface area contributed by atoms with Crippen LogP contribution in [0.4, 0.5) is 0 Å². The SMILES string of the molecule is C=CC(=O)O.C=COC(=O)CC=CC(=O)O. The highest BCUT2D eigenvalue weighted by Crippen LogP contribution is 1.88. The fourth-order valence-corrected chi connectivity index (χ4v) is 0.397. The Bertz CT molecular complexity index is 302. The third-order valence-electron chi connectivity index (χ3n) is 0.934. The van der Waals surface area contributed by atoms with Crippen LogP contribution in [0.3, 0.4) is 0 Å². The molecule has 0 amide bonds. The molecule has 0 fully saturated rings. The van der Waals surface area contributed by atoms with Crippen LogP contribution in [0.15, 0.2) is 37.6 Å². The zero-order valence-electron chi connectivity index (χ0n) is 8.46. The molecule has 16 heavy (non-hydrogen) atoms. The second-order valence-corrected chi connectivity index (χ2v) is 2.14. The molecule has 0 saturated carbocycles. The minimum Gasteiger partial charge on any atom is -0.478 e. The lowest BCUT2D eigenvalue weighted by Gasteiger charge is -1.91. The van der Waals surface area contributed by atoms with Crippen molar-refractivity contribution in [2.75, 3.05) is 0 Å². The summed E-state index contributed by atoms with van der Waals surface area (Å²) in [7, 11) is 0. The molecule has 0 rings (SSSR count). The van der Waals surface area contributed by atoms with Crippen molar-refractivity contribution in [3.8, 4) is 0 Å². The maximum atomic E-state index is 10.5. The first-order valence-corrected chi connectivity index (χ1v) is 3.99. The maximum Gasteiger partial charge on any atom is 0.327 e. The Morgan fingerprint density at radius 2 is 1.62 bits per heavy atom. The molecule has 0 bridgehead atoms. The van der Waals surface area contributed by atoms with Gasteiger partial charge in [-0.2, -0.15) is 0 Å². The van der Waals surface area contributed by atoms with E-state index in [1.54, 1.807) is 0 Å². The second kappa shape index (κ2) is 10.7. The van der Waals surface area contributed by atoms with Gasteiger partial charge in [-0.1, -0.05) is 19.2 Å². The van der Waals surface area contributed by atoms with Crippen molar-refractivity contribution in [3.63, 3.8) is 0 Å². The molecular formula is C10H12O6. The average molecular weight is 228 g/mol. The van der Waals surface area contributed by atoms with Gasteiger partial charge in [0.25, 0.3) is 0 Å². The van der Waals surface area contributed by atoms with Crippen LogP contribution in [0.2, 0.25) is 0 Å². The molecule has 0 aliphatic heterocycles. The lowest BCUT2D eigenvalue weighted by atomic mass is 10.4. The highest BCUT2D eigenvalue weighted by Gasteiger charge is 1.95. The molecule has 0 aromatic heterocycles. The maximum absolute atomic E-state index is 10.5. The van der Waals surface area contributed by atoms with E-state index in [4.69, 9.17) is 10.2 Å². The molecule has 0 aliphatic rings.